The fraction of sp³-hybridized carbons (Fsp3) is 0.417. The van der Waals surface area contributed by atoms with E-state index in [4.69, 9.17) is 5.11 Å². The van der Waals surface area contributed by atoms with Crippen molar-refractivity contribution in [2.75, 3.05) is 5.32 Å². The molecule has 104 valence electrons. The zero-order valence-corrected chi connectivity index (χ0v) is 10.6. The number of nitro groups is 1. The van der Waals surface area contributed by atoms with Crippen LogP contribution >= 0.6 is 0 Å². The summed E-state index contributed by atoms with van der Waals surface area (Å²) in [5.74, 6) is -1.74. The van der Waals surface area contributed by atoms with Crippen LogP contribution in [0.1, 0.15) is 20.3 Å². The second kappa shape index (κ2) is 6.12. The molecular weight excluding hydrogens is 255 g/mol. The smallest absolute Gasteiger partial charge is 0.326 e. The third-order valence-electron chi connectivity index (χ3n) is 2.49. The number of hydrogen-bond acceptors (Lipinski definition) is 4. The Morgan fingerprint density at radius 3 is 2.63 bits per heavy atom. The van der Waals surface area contributed by atoms with E-state index in [9.17, 15) is 19.3 Å². The highest BCUT2D eigenvalue weighted by Gasteiger charge is 2.23. The highest BCUT2D eigenvalue weighted by atomic mass is 19.1. The lowest BCUT2D eigenvalue weighted by Gasteiger charge is -2.17. The molecular formula is C12H15FN2O4. The minimum atomic E-state index is -1.10. The fourth-order valence-corrected chi connectivity index (χ4v) is 1.66. The molecule has 1 atom stereocenters. The average molecular weight is 270 g/mol. The molecule has 0 saturated heterocycles. The molecule has 1 aromatic carbocycles. The summed E-state index contributed by atoms with van der Waals surface area (Å²) in [5.41, 5.74) is -0.477. The van der Waals surface area contributed by atoms with Crippen LogP contribution in [0.3, 0.4) is 0 Å². The number of aliphatic carboxylic acids is 1. The molecule has 0 aliphatic carbocycles. The van der Waals surface area contributed by atoms with Gasteiger partial charge in [-0.2, -0.15) is 0 Å². The van der Waals surface area contributed by atoms with Crippen LogP contribution in [-0.4, -0.2) is 22.0 Å². The van der Waals surface area contributed by atoms with E-state index in [-0.39, 0.29) is 11.6 Å². The summed E-state index contributed by atoms with van der Waals surface area (Å²) in [6.07, 6.45) is 0.309. The monoisotopic (exact) mass is 270 g/mol. The van der Waals surface area contributed by atoms with E-state index in [1.165, 1.54) is 6.07 Å². The van der Waals surface area contributed by atoms with E-state index >= 15 is 0 Å². The first kappa shape index (κ1) is 14.9. The van der Waals surface area contributed by atoms with E-state index in [2.05, 4.69) is 5.32 Å². The van der Waals surface area contributed by atoms with Gasteiger partial charge in [0.15, 0.2) is 0 Å². The lowest BCUT2D eigenvalue weighted by atomic mass is 10.0. The highest BCUT2D eigenvalue weighted by Crippen LogP contribution is 2.26. The van der Waals surface area contributed by atoms with E-state index < -0.39 is 28.4 Å². The van der Waals surface area contributed by atoms with Crippen molar-refractivity contribution in [3.63, 3.8) is 0 Å². The van der Waals surface area contributed by atoms with E-state index in [0.29, 0.717) is 6.42 Å². The topological polar surface area (TPSA) is 92.5 Å². The molecule has 0 radical (unpaired) electrons. The Hall–Kier alpha value is -2.18. The number of halogens is 1. The summed E-state index contributed by atoms with van der Waals surface area (Å²) < 4.78 is 13.0. The maximum Gasteiger partial charge on any atom is 0.326 e. The quantitative estimate of drug-likeness (QED) is 0.612. The second-order valence-electron chi connectivity index (χ2n) is 4.58. The van der Waals surface area contributed by atoms with Gasteiger partial charge in [-0.1, -0.05) is 13.8 Å². The molecule has 0 fully saturated rings. The largest absolute Gasteiger partial charge is 0.480 e. The molecule has 0 amide bonds. The number of carboxylic acid groups (broad SMARTS) is 1. The SMILES string of the molecule is CC(C)C[C@@H](Nc1ccc(F)cc1[N+](=O)[O-])C(=O)O. The number of anilines is 1. The van der Waals surface area contributed by atoms with Gasteiger partial charge in [-0.25, -0.2) is 9.18 Å². The molecule has 0 aromatic heterocycles. The van der Waals surface area contributed by atoms with E-state index in [1.807, 2.05) is 13.8 Å². The number of carboxylic acids is 1. The Bertz CT molecular complexity index is 491. The van der Waals surface area contributed by atoms with E-state index in [1.54, 1.807) is 0 Å². The van der Waals surface area contributed by atoms with Gasteiger partial charge in [0.1, 0.15) is 17.5 Å². The third kappa shape index (κ3) is 4.20. The van der Waals surface area contributed by atoms with Crippen molar-refractivity contribution in [2.45, 2.75) is 26.3 Å². The van der Waals surface area contributed by atoms with Gasteiger partial charge in [0.05, 0.1) is 11.0 Å². The fourth-order valence-electron chi connectivity index (χ4n) is 1.66. The molecule has 0 heterocycles. The second-order valence-corrected chi connectivity index (χ2v) is 4.58. The molecule has 0 spiro atoms. The summed E-state index contributed by atoms with van der Waals surface area (Å²) >= 11 is 0. The van der Waals surface area contributed by atoms with Crippen LogP contribution in [-0.2, 0) is 4.79 Å². The molecule has 0 aliphatic rings. The summed E-state index contributed by atoms with van der Waals surface area (Å²) in [4.78, 5) is 21.1. The normalized spacial score (nSPS) is 12.2. The first-order valence-electron chi connectivity index (χ1n) is 5.74. The first-order valence-corrected chi connectivity index (χ1v) is 5.74. The van der Waals surface area contributed by atoms with Crippen molar-refractivity contribution in [3.05, 3.63) is 34.1 Å². The number of carbonyl (C=O) groups is 1. The van der Waals surface area contributed by atoms with Gasteiger partial charge in [-0.3, -0.25) is 10.1 Å². The van der Waals surface area contributed by atoms with Crippen LogP contribution in [0, 0.1) is 21.8 Å². The van der Waals surface area contributed by atoms with Gasteiger partial charge in [-0.15, -0.1) is 0 Å². The van der Waals surface area contributed by atoms with Crippen molar-refractivity contribution >= 4 is 17.3 Å². The molecule has 19 heavy (non-hydrogen) atoms. The predicted octanol–water partition coefficient (Wildman–Crippen LogP) is 2.65. The van der Waals surface area contributed by atoms with E-state index in [0.717, 1.165) is 12.1 Å². The highest BCUT2D eigenvalue weighted by molar-refractivity contribution is 5.79. The number of rotatable bonds is 6. The van der Waals surface area contributed by atoms with Crippen molar-refractivity contribution in [3.8, 4) is 0 Å². The zero-order valence-electron chi connectivity index (χ0n) is 10.6. The first-order chi connectivity index (χ1) is 8.81. The summed E-state index contributed by atoms with van der Waals surface area (Å²) in [5, 5.41) is 22.4. The number of nitrogens with zero attached hydrogens (tertiary/aromatic N) is 1. The Kier molecular flexibility index (Phi) is 4.80. The van der Waals surface area contributed by atoms with Crippen molar-refractivity contribution < 1.29 is 19.2 Å². The van der Waals surface area contributed by atoms with Crippen LogP contribution in [0.25, 0.3) is 0 Å². The van der Waals surface area contributed by atoms with Gasteiger partial charge < -0.3 is 10.4 Å². The molecule has 2 N–H and O–H groups in total. The number of hydrogen-bond donors (Lipinski definition) is 2. The van der Waals surface area contributed by atoms with Crippen LogP contribution in [0.5, 0.6) is 0 Å². The molecule has 0 aliphatic heterocycles. The Morgan fingerprint density at radius 2 is 2.16 bits per heavy atom. The number of benzene rings is 1. The molecule has 1 rings (SSSR count). The molecule has 1 aromatic rings. The van der Waals surface area contributed by atoms with Crippen LogP contribution in [0.15, 0.2) is 18.2 Å². The Balaban J connectivity index is 3.02. The lowest BCUT2D eigenvalue weighted by Crippen LogP contribution is -2.31. The molecule has 0 bridgehead atoms. The molecule has 0 unspecified atom stereocenters. The molecule has 7 heteroatoms. The Labute approximate surface area is 109 Å². The molecule has 0 saturated carbocycles. The summed E-state index contributed by atoms with van der Waals surface area (Å²) in [6.45, 7) is 3.69. The third-order valence-corrected chi connectivity index (χ3v) is 2.49. The maximum absolute atomic E-state index is 13.0. The standard InChI is InChI=1S/C12H15FN2O4/c1-7(2)5-10(12(16)17)14-9-4-3-8(13)6-11(9)15(18)19/h3-4,6-7,10,14H,5H2,1-2H3,(H,16,17)/t10-/m1/s1. The zero-order chi connectivity index (χ0) is 14.6. The van der Waals surface area contributed by atoms with Crippen LogP contribution < -0.4 is 5.32 Å². The average Bonchev–Trinajstić information content (AvgIpc) is 2.29. The van der Waals surface area contributed by atoms with Gasteiger partial charge in [-0.05, 0) is 24.5 Å². The summed E-state index contributed by atoms with van der Waals surface area (Å²) in [6, 6.07) is 2.02. The number of nitrogens with one attached hydrogen (secondary N) is 1. The van der Waals surface area contributed by atoms with Gasteiger partial charge in [0, 0.05) is 0 Å². The van der Waals surface area contributed by atoms with Crippen LogP contribution in [0.2, 0.25) is 0 Å². The van der Waals surface area contributed by atoms with Gasteiger partial charge >= 0.3 is 5.97 Å². The minimum absolute atomic E-state index is 0.000509. The maximum atomic E-state index is 13.0. The lowest BCUT2D eigenvalue weighted by molar-refractivity contribution is -0.384. The summed E-state index contributed by atoms with van der Waals surface area (Å²) in [7, 11) is 0. The van der Waals surface area contributed by atoms with Gasteiger partial charge in [0.25, 0.3) is 5.69 Å². The van der Waals surface area contributed by atoms with Crippen molar-refractivity contribution in [2.24, 2.45) is 5.92 Å². The number of nitro benzene ring substituents is 1. The Morgan fingerprint density at radius 1 is 1.53 bits per heavy atom. The van der Waals surface area contributed by atoms with Crippen molar-refractivity contribution in [1.82, 2.24) is 0 Å². The minimum Gasteiger partial charge on any atom is -0.480 e. The van der Waals surface area contributed by atoms with Crippen molar-refractivity contribution in [1.29, 1.82) is 0 Å². The predicted molar refractivity (Wildman–Crippen MR) is 67.6 cm³/mol. The van der Waals surface area contributed by atoms with Crippen LogP contribution in [0.4, 0.5) is 15.8 Å². The molecule has 6 nitrogen and oxygen atoms in total. The van der Waals surface area contributed by atoms with Gasteiger partial charge in [0.2, 0.25) is 0 Å².